The van der Waals surface area contributed by atoms with Crippen LogP contribution in [0.2, 0.25) is 0 Å². The molecule has 0 unspecified atom stereocenters. The zero-order chi connectivity index (χ0) is 20.0. The van der Waals surface area contributed by atoms with Gasteiger partial charge in [-0.1, -0.05) is 0 Å². The van der Waals surface area contributed by atoms with Crippen molar-refractivity contribution in [1.82, 2.24) is 0 Å². The second-order valence-corrected chi connectivity index (χ2v) is 6.32. The van der Waals surface area contributed by atoms with Crippen molar-refractivity contribution < 1.29 is 14.4 Å². The molecule has 0 bridgehead atoms. The molecule has 0 saturated heterocycles. The van der Waals surface area contributed by atoms with Crippen molar-refractivity contribution >= 4 is 40.5 Å². The summed E-state index contributed by atoms with van der Waals surface area (Å²) in [7, 11) is 3.88. The Balaban J connectivity index is 2.05. The minimum Gasteiger partial charge on any atom is -0.378 e. The molecule has 2 N–H and O–H groups in total. The largest absolute Gasteiger partial charge is 0.378 e. The van der Waals surface area contributed by atoms with Gasteiger partial charge < -0.3 is 20.4 Å². The first-order valence-corrected chi connectivity index (χ1v) is 8.49. The zero-order valence-electron chi connectivity index (χ0n) is 15.9. The molecule has 0 heterocycles. The highest BCUT2D eigenvalue weighted by Gasteiger charge is 2.16. The van der Waals surface area contributed by atoms with Crippen LogP contribution >= 0.6 is 0 Å². The molecule has 2 aromatic rings. The molecule has 0 aliphatic carbocycles. The second kappa shape index (κ2) is 8.84. The van der Waals surface area contributed by atoms with Crippen LogP contribution in [-0.4, -0.2) is 38.4 Å². The van der Waals surface area contributed by atoms with Crippen LogP contribution in [0.5, 0.6) is 0 Å². The maximum absolute atomic E-state index is 12.4. The van der Waals surface area contributed by atoms with Crippen LogP contribution in [0.1, 0.15) is 13.8 Å². The van der Waals surface area contributed by atoms with Crippen LogP contribution in [0.15, 0.2) is 48.5 Å². The van der Waals surface area contributed by atoms with Gasteiger partial charge in [0, 0.05) is 50.7 Å². The smallest absolute Gasteiger partial charge is 0.244 e. The van der Waals surface area contributed by atoms with Crippen LogP contribution in [0.25, 0.3) is 0 Å². The van der Waals surface area contributed by atoms with Crippen LogP contribution < -0.4 is 20.4 Å². The van der Waals surface area contributed by atoms with E-state index in [1.165, 1.54) is 18.7 Å². The first-order valence-electron chi connectivity index (χ1n) is 8.49. The number of nitrogens with zero attached hydrogens (tertiary/aromatic N) is 2. The molecule has 0 aliphatic heterocycles. The average molecular weight is 368 g/mol. The predicted octanol–water partition coefficient (Wildman–Crippen LogP) is 2.70. The van der Waals surface area contributed by atoms with Crippen molar-refractivity contribution in [2.45, 2.75) is 13.8 Å². The molecule has 0 aromatic heterocycles. The van der Waals surface area contributed by atoms with Crippen LogP contribution in [-0.2, 0) is 14.4 Å². The molecule has 3 amide bonds. The number of carbonyl (C=O) groups is 3. The van der Waals surface area contributed by atoms with Gasteiger partial charge in [-0.2, -0.15) is 0 Å². The van der Waals surface area contributed by atoms with Gasteiger partial charge in [-0.3, -0.25) is 14.4 Å². The summed E-state index contributed by atoms with van der Waals surface area (Å²) in [6.45, 7) is 2.72. The van der Waals surface area contributed by atoms with Crippen molar-refractivity contribution in [3.8, 4) is 0 Å². The highest BCUT2D eigenvalue weighted by Crippen LogP contribution is 2.19. The molecular weight excluding hydrogens is 344 g/mol. The van der Waals surface area contributed by atoms with Gasteiger partial charge in [0.2, 0.25) is 17.7 Å². The lowest BCUT2D eigenvalue weighted by Gasteiger charge is -2.21. The van der Waals surface area contributed by atoms with E-state index in [1.54, 1.807) is 24.3 Å². The third-order valence-corrected chi connectivity index (χ3v) is 3.85. The summed E-state index contributed by atoms with van der Waals surface area (Å²) in [6, 6.07) is 14.2. The van der Waals surface area contributed by atoms with Gasteiger partial charge in [-0.05, 0) is 48.5 Å². The predicted molar refractivity (Wildman–Crippen MR) is 108 cm³/mol. The Bertz CT molecular complexity index is 814. The topological polar surface area (TPSA) is 81.8 Å². The summed E-state index contributed by atoms with van der Waals surface area (Å²) >= 11 is 0. The Hall–Kier alpha value is -3.35. The Morgan fingerprint density at radius 1 is 0.778 bits per heavy atom. The number of hydrogen-bond donors (Lipinski definition) is 2. The number of carbonyl (C=O) groups excluding carboxylic acids is 3. The van der Waals surface area contributed by atoms with E-state index in [0.717, 1.165) is 5.69 Å². The molecule has 0 saturated carbocycles. The lowest BCUT2D eigenvalue weighted by atomic mass is 10.2. The van der Waals surface area contributed by atoms with E-state index in [1.807, 2.05) is 43.3 Å². The average Bonchev–Trinajstić information content (AvgIpc) is 2.60. The number of benzene rings is 2. The highest BCUT2D eigenvalue weighted by atomic mass is 16.2. The van der Waals surface area contributed by atoms with Crippen molar-refractivity contribution in [1.29, 1.82) is 0 Å². The molecule has 142 valence electrons. The summed E-state index contributed by atoms with van der Waals surface area (Å²) < 4.78 is 0. The molecule has 0 spiro atoms. The third kappa shape index (κ3) is 5.85. The molecule has 0 atom stereocenters. The summed E-state index contributed by atoms with van der Waals surface area (Å²) in [5.41, 5.74) is 2.89. The van der Waals surface area contributed by atoms with E-state index in [0.29, 0.717) is 17.1 Å². The molecule has 2 rings (SSSR count). The lowest BCUT2D eigenvalue weighted by Crippen LogP contribution is -2.36. The molecular formula is C20H24N4O3. The molecule has 27 heavy (non-hydrogen) atoms. The monoisotopic (exact) mass is 368 g/mol. The van der Waals surface area contributed by atoms with Crippen molar-refractivity contribution in [2.24, 2.45) is 0 Å². The van der Waals surface area contributed by atoms with E-state index < -0.39 is 0 Å². The number of rotatable bonds is 6. The molecule has 0 aliphatic rings. The summed E-state index contributed by atoms with van der Waals surface area (Å²) in [5.74, 6) is -0.722. The van der Waals surface area contributed by atoms with Gasteiger partial charge in [0.25, 0.3) is 0 Å². The van der Waals surface area contributed by atoms with Gasteiger partial charge in [0.15, 0.2) is 0 Å². The Morgan fingerprint density at radius 3 is 1.70 bits per heavy atom. The minimum absolute atomic E-state index is 0.107. The first kappa shape index (κ1) is 20.0. The van der Waals surface area contributed by atoms with Gasteiger partial charge in [0.05, 0.1) is 0 Å². The zero-order valence-corrected chi connectivity index (χ0v) is 15.9. The fourth-order valence-corrected chi connectivity index (χ4v) is 2.50. The third-order valence-electron chi connectivity index (χ3n) is 3.85. The Kier molecular flexibility index (Phi) is 6.54. The van der Waals surface area contributed by atoms with Crippen molar-refractivity contribution in [3.63, 3.8) is 0 Å². The molecule has 7 nitrogen and oxygen atoms in total. The fourth-order valence-electron chi connectivity index (χ4n) is 2.50. The highest BCUT2D eigenvalue weighted by molar-refractivity contribution is 6.02. The van der Waals surface area contributed by atoms with E-state index in [9.17, 15) is 14.4 Å². The van der Waals surface area contributed by atoms with E-state index in [2.05, 4.69) is 10.6 Å². The number of anilines is 4. The van der Waals surface area contributed by atoms with Crippen LogP contribution in [0, 0.1) is 0 Å². The number of nitrogens with one attached hydrogen (secondary N) is 2. The molecule has 0 fully saturated rings. The molecule has 2 aromatic carbocycles. The van der Waals surface area contributed by atoms with Gasteiger partial charge in [-0.15, -0.1) is 0 Å². The van der Waals surface area contributed by atoms with E-state index in [4.69, 9.17) is 0 Å². The van der Waals surface area contributed by atoms with Gasteiger partial charge in [-0.25, -0.2) is 0 Å². The number of amides is 3. The quantitative estimate of drug-likeness (QED) is 0.821. The Morgan fingerprint density at radius 2 is 1.26 bits per heavy atom. The summed E-state index contributed by atoms with van der Waals surface area (Å²) in [6.07, 6.45) is 0. The Labute approximate surface area is 159 Å². The van der Waals surface area contributed by atoms with E-state index >= 15 is 0 Å². The molecule has 7 heteroatoms. The summed E-state index contributed by atoms with van der Waals surface area (Å²) in [4.78, 5) is 38.8. The maximum Gasteiger partial charge on any atom is 0.244 e. The lowest BCUT2D eigenvalue weighted by molar-refractivity contribution is -0.120. The SMILES string of the molecule is CC(=O)Nc1ccc(N(CC(=O)Nc2ccc(N(C)C)cc2)C(C)=O)cc1. The fraction of sp³-hybridized carbons (Fsp3) is 0.250. The molecule has 0 radical (unpaired) electrons. The van der Waals surface area contributed by atoms with Crippen LogP contribution in [0.4, 0.5) is 22.7 Å². The second-order valence-electron chi connectivity index (χ2n) is 6.32. The first-order chi connectivity index (χ1) is 12.8. The number of hydrogen-bond acceptors (Lipinski definition) is 4. The van der Waals surface area contributed by atoms with Crippen molar-refractivity contribution in [3.05, 3.63) is 48.5 Å². The summed E-state index contributed by atoms with van der Waals surface area (Å²) in [5, 5.41) is 5.45. The van der Waals surface area contributed by atoms with E-state index in [-0.39, 0.29) is 24.3 Å². The maximum atomic E-state index is 12.4. The van der Waals surface area contributed by atoms with Gasteiger partial charge in [0.1, 0.15) is 6.54 Å². The standard InChI is InChI=1S/C20H24N4O3/c1-14(25)21-16-7-11-19(12-8-16)24(15(2)26)13-20(27)22-17-5-9-18(10-6-17)23(3)4/h5-12H,13H2,1-4H3,(H,21,25)(H,22,27). The van der Waals surface area contributed by atoms with Crippen LogP contribution in [0.3, 0.4) is 0 Å². The minimum atomic E-state index is -0.297. The van der Waals surface area contributed by atoms with Crippen molar-refractivity contribution in [2.75, 3.05) is 41.1 Å². The normalized spacial score (nSPS) is 10.1. The van der Waals surface area contributed by atoms with Gasteiger partial charge >= 0.3 is 0 Å².